The van der Waals surface area contributed by atoms with Crippen molar-refractivity contribution in [2.75, 3.05) is 19.3 Å². The van der Waals surface area contributed by atoms with Gasteiger partial charge in [-0.1, -0.05) is 0 Å². The molecule has 0 spiro atoms. The van der Waals surface area contributed by atoms with Gasteiger partial charge in [0.2, 0.25) is 10.0 Å². The van der Waals surface area contributed by atoms with E-state index in [2.05, 4.69) is 0 Å². The monoisotopic (exact) mass is 313 g/mol. The molecule has 1 aromatic rings. The zero-order chi connectivity index (χ0) is 15.1. The minimum atomic E-state index is -3.14. The van der Waals surface area contributed by atoms with E-state index in [1.807, 2.05) is 6.07 Å². The molecular weight excluding hydrogens is 290 g/mol. The van der Waals surface area contributed by atoms with E-state index in [4.69, 9.17) is 4.42 Å². The molecule has 6 heteroatoms. The highest BCUT2D eigenvalue weighted by atomic mass is 32.2. The lowest BCUT2D eigenvalue weighted by molar-refractivity contribution is -0.0138. The Morgan fingerprint density at radius 1 is 1.48 bits per heavy atom. The van der Waals surface area contributed by atoms with Crippen LogP contribution in [0.25, 0.3) is 0 Å². The summed E-state index contributed by atoms with van der Waals surface area (Å²) in [5, 5.41) is 11.0. The van der Waals surface area contributed by atoms with Crippen LogP contribution in [0.15, 0.2) is 16.7 Å². The van der Waals surface area contributed by atoms with E-state index in [9.17, 15) is 13.5 Å². The second-order valence-corrected chi connectivity index (χ2v) is 8.46. The molecule has 1 aliphatic carbocycles. The highest BCUT2D eigenvalue weighted by molar-refractivity contribution is 7.88. The summed E-state index contributed by atoms with van der Waals surface area (Å²) in [7, 11) is -3.14. The van der Waals surface area contributed by atoms with Gasteiger partial charge in [-0.3, -0.25) is 0 Å². The van der Waals surface area contributed by atoms with E-state index in [0.29, 0.717) is 19.5 Å². The average molecular weight is 313 g/mol. The highest BCUT2D eigenvalue weighted by Gasteiger charge is 2.39. The predicted molar refractivity (Wildman–Crippen MR) is 79.3 cm³/mol. The van der Waals surface area contributed by atoms with Crippen LogP contribution in [0.4, 0.5) is 0 Å². The van der Waals surface area contributed by atoms with Gasteiger partial charge in [0.25, 0.3) is 0 Å². The number of rotatable bonds is 3. The molecule has 2 unspecified atom stereocenters. The van der Waals surface area contributed by atoms with Crippen molar-refractivity contribution in [1.82, 2.24) is 4.31 Å². The Bertz CT molecular complexity index is 609. The van der Waals surface area contributed by atoms with Crippen LogP contribution in [0.1, 0.15) is 43.4 Å². The second kappa shape index (κ2) is 5.41. The first-order valence-corrected chi connectivity index (χ1v) is 9.48. The summed E-state index contributed by atoms with van der Waals surface area (Å²) in [6.07, 6.45) is 7.89. The van der Waals surface area contributed by atoms with Crippen molar-refractivity contribution in [2.45, 2.75) is 44.1 Å². The molecule has 0 radical (unpaired) electrons. The van der Waals surface area contributed by atoms with E-state index in [-0.39, 0.29) is 5.92 Å². The standard InChI is InChI=1S/C15H23NO4S/c1-21(18,19)16-8-3-4-12(11-16)10-15(17)7-2-5-14-13(15)6-9-20-14/h6,9,12,17H,2-5,7-8,10-11H2,1H3. The van der Waals surface area contributed by atoms with Gasteiger partial charge in [0, 0.05) is 25.1 Å². The lowest BCUT2D eigenvalue weighted by Gasteiger charge is -2.38. The topological polar surface area (TPSA) is 70.8 Å². The van der Waals surface area contributed by atoms with Gasteiger partial charge < -0.3 is 9.52 Å². The molecule has 1 aliphatic heterocycles. The Balaban J connectivity index is 1.75. The molecule has 0 bridgehead atoms. The minimum absolute atomic E-state index is 0.208. The zero-order valence-electron chi connectivity index (χ0n) is 12.4. The Morgan fingerprint density at radius 3 is 3.05 bits per heavy atom. The number of aryl methyl sites for hydroxylation is 1. The smallest absolute Gasteiger partial charge is 0.211 e. The van der Waals surface area contributed by atoms with Crippen molar-refractivity contribution in [3.63, 3.8) is 0 Å². The molecule has 21 heavy (non-hydrogen) atoms. The summed E-state index contributed by atoms with van der Waals surface area (Å²) in [6, 6.07) is 1.87. The first-order valence-electron chi connectivity index (χ1n) is 7.63. The fraction of sp³-hybridized carbons (Fsp3) is 0.733. The van der Waals surface area contributed by atoms with Gasteiger partial charge in [-0.25, -0.2) is 12.7 Å². The first-order chi connectivity index (χ1) is 9.88. The molecule has 0 aromatic carbocycles. The van der Waals surface area contributed by atoms with Gasteiger partial charge in [-0.05, 0) is 44.1 Å². The number of furan rings is 1. The first kappa shape index (κ1) is 15.1. The quantitative estimate of drug-likeness (QED) is 0.925. The van der Waals surface area contributed by atoms with Crippen LogP contribution in [0.3, 0.4) is 0 Å². The highest BCUT2D eigenvalue weighted by Crippen LogP contribution is 2.42. The molecule has 2 aliphatic rings. The van der Waals surface area contributed by atoms with E-state index in [0.717, 1.165) is 43.4 Å². The van der Waals surface area contributed by atoms with Crippen LogP contribution >= 0.6 is 0 Å². The third-order valence-corrected chi connectivity index (χ3v) is 6.09. The normalized spacial score (nSPS) is 31.0. The molecule has 1 aromatic heterocycles. The second-order valence-electron chi connectivity index (χ2n) is 6.48. The maximum atomic E-state index is 11.7. The average Bonchev–Trinajstić information content (AvgIpc) is 2.88. The molecule has 1 N–H and O–H groups in total. The van der Waals surface area contributed by atoms with Crippen LogP contribution in [-0.4, -0.2) is 37.2 Å². The van der Waals surface area contributed by atoms with Crippen molar-refractivity contribution in [3.05, 3.63) is 23.7 Å². The minimum Gasteiger partial charge on any atom is -0.469 e. The molecular formula is C15H23NO4S. The number of hydrogen-bond acceptors (Lipinski definition) is 4. The number of hydrogen-bond donors (Lipinski definition) is 1. The molecule has 0 saturated carbocycles. The van der Waals surface area contributed by atoms with Gasteiger partial charge in [0.1, 0.15) is 5.76 Å². The fourth-order valence-corrected chi connectivity index (χ4v) is 4.75. The lowest BCUT2D eigenvalue weighted by atomic mass is 9.75. The number of fused-ring (bicyclic) bond motifs is 1. The van der Waals surface area contributed by atoms with Gasteiger partial charge in [0.05, 0.1) is 18.1 Å². The van der Waals surface area contributed by atoms with E-state index in [1.54, 1.807) is 10.6 Å². The van der Waals surface area contributed by atoms with E-state index < -0.39 is 15.6 Å². The molecule has 1 fully saturated rings. The van der Waals surface area contributed by atoms with Crippen molar-refractivity contribution in [1.29, 1.82) is 0 Å². The SMILES string of the molecule is CS(=O)(=O)N1CCCC(CC2(O)CCCc3occc32)C1. The largest absolute Gasteiger partial charge is 0.469 e. The van der Waals surface area contributed by atoms with Crippen LogP contribution in [-0.2, 0) is 22.0 Å². The van der Waals surface area contributed by atoms with Gasteiger partial charge in [-0.2, -0.15) is 0 Å². The summed E-state index contributed by atoms with van der Waals surface area (Å²) in [4.78, 5) is 0. The molecule has 118 valence electrons. The molecule has 0 amide bonds. The summed E-state index contributed by atoms with van der Waals surface area (Å²) in [6.45, 7) is 1.12. The lowest BCUT2D eigenvalue weighted by Crippen LogP contribution is -2.42. The maximum absolute atomic E-state index is 11.7. The predicted octanol–water partition coefficient (Wildman–Crippen LogP) is 1.87. The maximum Gasteiger partial charge on any atom is 0.211 e. The number of nitrogens with zero attached hydrogens (tertiary/aromatic N) is 1. The van der Waals surface area contributed by atoms with Gasteiger partial charge >= 0.3 is 0 Å². The molecule has 5 nitrogen and oxygen atoms in total. The Morgan fingerprint density at radius 2 is 2.29 bits per heavy atom. The van der Waals surface area contributed by atoms with Crippen molar-refractivity contribution < 1.29 is 17.9 Å². The molecule has 2 heterocycles. The third-order valence-electron chi connectivity index (χ3n) is 4.82. The van der Waals surface area contributed by atoms with Crippen LogP contribution < -0.4 is 0 Å². The van der Waals surface area contributed by atoms with Crippen LogP contribution in [0.5, 0.6) is 0 Å². The Kier molecular flexibility index (Phi) is 3.88. The summed E-state index contributed by atoms with van der Waals surface area (Å²) in [5.74, 6) is 1.10. The van der Waals surface area contributed by atoms with Crippen LogP contribution in [0.2, 0.25) is 0 Å². The summed E-state index contributed by atoms with van der Waals surface area (Å²) < 4.78 is 30.4. The molecule has 1 saturated heterocycles. The fourth-order valence-electron chi connectivity index (χ4n) is 3.81. The Labute approximate surface area is 126 Å². The van der Waals surface area contributed by atoms with Gasteiger partial charge in [-0.15, -0.1) is 0 Å². The van der Waals surface area contributed by atoms with Gasteiger partial charge in [0.15, 0.2) is 0 Å². The van der Waals surface area contributed by atoms with E-state index in [1.165, 1.54) is 6.26 Å². The van der Waals surface area contributed by atoms with E-state index >= 15 is 0 Å². The number of sulfonamides is 1. The number of piperidine rings is 1. The summed E-state index contributed by atoms with van der Waals surface area (Å²) in [5.41, 5.74) is 0.0522. The summed E-state index contributed by atoms with van der Waals surface area (Å²) >= 11 is 0. The Hall–Kier alpha value is -0.850. The van der Waals surface area contributed by atoms with Crippen molar-refractivity contribution in [2.24, 2.45) is 5.92 Å². The number of aliphatic hydroxyl groups is 1. The van der Waals surface area contributed by atoms with Crippen molar-refractivity contribution in [3.8, 4) is 0 Å². The van der Waals surface area contributed by atoms with Crippen molar-refractivity contribution >= 4 is 10.0 Å². The van der Waals surface area contributed by atoms with Crippen LogP contribution in [0, 0.1) is 5.92 Å². The third kappa shape index (κ3) is 3.03. The molecule has 3 rings (SSSR count). The molecule has 2 atom stereocenters. The zero-order valence-corrected chi connectivity index (χ0v) is 13.2.